The summed E-state index contributed by atoms with van der Waals surface area (Å²) in [5, 5.41) is 14.5. The van der Waals surface area contributed by atoms with Crippen molar-refractivity contribution >= 4 is 22.5 Å². The third-order valence-corrected chi connectivity index (χ3v) is 5.18. The number of rotatable bonds is 7. The number of benzene rings is 2. The molecule has 33 heavy (non-hydrogen) atoms. The summed E-state index contributed by atoms with van der Waals surface area (Å²) in [4.78, 5) is 10.4. The van der Waals surface area contributed by atoms with Gasteiger partial charge in [0.2, 0.25) is 0 Å². The molecule has 0 saturated carbocycles. The standard InChI is InChI=1S/C23H21F3N6O/c1-2-11-31(15-6-4-3-5-7-15)12-10-18-20-21(22(27)29-14-28-20)32(30-18)16-8-9-17(19(33)13-16)23(24,25)26/h2-9,13-14,33H,1,10-12H2,(H2,27,28,29). The molecule has 2 aromatic heterocycles. The average Bonchev–Trinajstić information content (AvgIpc) is 3.16. The van der Waals surface area contributed by atoms with Crippen molar-refractivity contribution in [2.75, 3.05) is 23.7 Å². The van der Waals surface area contributed by atoms with Gasteiger partial charge in [-0.1, -0.05) is 24.3 Å². The average molecular weight is 454 g/mol. The lowest BCUT2D eigenvalue weighted by Gasteiger charge is -2.22. The van der Waals surface area contributed by atoms with Gasteiger partial charge in [-0.25, -0.2) is 14.6 Å². The maximum atomic E-state index is 13.0. The van der Waals surface area contributed by atoms with Crippen LogP contribution < -0.4 is 10.6 Å². The van der Waals surface area contributed by atoms with Gasteiger partial charge in [0.25, 0.3) is 0 Å². The molecule has 7 nitrogen and oxygen atoms in total. The van der Waals surface area contributed by atoms with Crippen molar-refractivity contribution in [1.29, 1.82) is 0 Å². The normalized spacial score (nSPS) is 11.6. The maximum absolute atomic E-state index is 13.0. The van der Waals surface area contributed by atoms with Crippen LogP contribution in [-0.2, 0) is 12.6 Å². The molecule has 0 aliphatic rings. The number of hydrogen-bond donors (Lipinski definition) is 2. The lowest BCUT2D eigenvalue weighted by Crippen LogP contribution is -2.26. The second-order valence-corrected chi connectivity index (χ2v) is 7.33. The highest BCUT2D eigenvalue weighted by molar-refractivity contribution is 5.87. The minimum Gasteiger partial charge on any atom is -0.507 e. The van der Waals surface area contributed by atoms with E-state index in [-0.39, 0.29) is 11.5 Å². The fourth-order valence-corrected chi connectivity index (χ4v) is 3.64. The Labute approximate surface area is 187 Å². The van der Waals surface area contributed by atoms with E-state index in [2.05, 4.69) is 26.5 Å². The van der Waals surface area contributed by atoms with Crippen LogP contribution in [0.5, 0.6) is 5.75 Å². The summed E-state index contributed by atoms with van der Waals surface area (Å²) in [7, 11) is 0. The lowest BCUT2D eigenvalue weighted by atomic mass is 10.1. The first-order chi connectivity index (χ1) is 15.8. The largest absolute Gasteiger partial charge is 0.507 e. The molecule has 3 N–H and O–H groups in total. The molecule has 0 spiro atoms. The number of hydrogen-bond acceptors (Lipinski definition) is 6. The van der Waals surface area contributed by atoms with Crippen LogP contribution in [0.4, 0.5) is 24.7 Å². The summed E-state index contributed by atoms with van der Waals surface area (Å²) < 4.78 is 40.5. The first-order valence-corrected chi connectivity index (χ1v) is 10.1. The van der Waals surface area contributed by atoms with E-state index in [9.17, 15) is 18.3 Å². The minimum absolute atomic E-state index is 0.129. The number of aromatic nitrogens is 4. The summed E-state index contributed by atoms with van der Waals surface area (Å²) in [6, 6.07) is 12.8. The lowest BCUT2D eigenvalue weighted by molar-refractivity contribution is -0.138. The molecule has 0 unspecified atom stereocenters. The van der Waals surface area contributed by atoms with Gasteiger partial charge >= 0.3 is 6.18 Å². The second kappa shape index (κ2) is 8.81. The highest BCUT2D eigenvalue weighted by Gasteiger charge is 2.34. The van der Waals surface area contributed by atoms with Crippen molar-refractivity contribution in [3.05, 3.63) is 78.8 Å². The monoisotopic (exact) mass is 454 g/mol. The Morgan fingerprint density at radius 1 is 1.12 bits per heavy atom. The minimum atomic E-state index is -4.67. The van der Waals surface area contributed by atoms with Crippen LogP contribution in [0, 0.1) is 0 Å². The van der Waals surface area contributed by atoms with Gasteiger partial charge in [0, 0.05) is 31.3 Å². The van der Waals surface area contributed by atoms with E-state index in [0.29, 0.717) is 36.2 Å². The van der Waals surface area contributed by atoms with Crippen LogP contribution in [0.25, 0.3) is 16.7 Å². The number of para-hydroxylation sites is 1. The molecule has 0 aliphatic heterocycles. The van der Waals surface area contributed by atoms with Gasteiger partial charge in [0.05, 0.1) is 16.9 Å². The summed E-state index contributed by atoms with van der Waals surface area (Å²) in [6.07, 6.45) is -1.07. The fraction of sp³-hybridized carbons (Fsp3) is 0.174. The van der Waals surface area contributed by atoms with E-state index >= 15 is 0 Å². The highest BCUT2D eigenvalue weighted by atomic mass is 19.4. The molecule has 170 valence electrons. The predicted molar refractivity (Wildman–Crippen MR) is 120 cm³/mol. The molecule has 0 bridgehead atoms. The molecule has 0 aliphatic carbocycles. The van der Waals surface area contributed by atoms with Crippen molar-refractivity contribution in [2.24, 2.45) is 0 Å². The Morgan fingerprint density at radius 2 is 1.88 bits per heavy atom. The zero-order valence-electron chi connectivity index (χ0n) is 17.5. The van der Waals surface area contributed by atoms with Gasteiger partial charge in [-0.15, -0.1) is 6.58 Å². The molecule has 0 saturated heterocycles. The molecule has 4 aromatic rings. The SMILES string of the molecule is C=CCN(CCc1nn(-c2ccc(C(F)(F)F)c(O)c2)c2c(N)ncnc12)c1ccccc1. The molecule has 0 fully saturated rings. The van der Waals surface area contributed by atoms with E-state index in [4.69, 9.17) is 5.73 Å². The van der Waals surface area contributed by atoms with Crippen LogP contribution in [0.1, 0.15) is 11.3 Å². The number of fused-ring (bicyclic) bond motifs is 1. The molecule has 10 heteroatoms. The number of halogens is 3. The molecule has 0 atom stereocenters. The van der Waals surface area contributed by atoms with Gasteiger partial charge in [-0.2, -0.15) is 18.3 Å². The van der Waals surface area contributed by atoms with Crippen molar-refractivity contribution in [2.45, 2.75) is 12.6 Å². The van der Waals surface area contributed by atoms with Gasteiger partial charge in [-0.3, -0.25) is 0 Å². The van der Waals surface area contributed by atoms with Gasteiger partial charge in [0.15, 0.2) is 5.82 Å². The Balaban J connectivity index is 1.72. The quantitative estimate of drug-likeness (QED) is 0.403. The number of nitrogens with zero attached hydrogens (tertiary/aromatic N) is 5. The number of anilines is 2. The number of alkyl halides is 3. The number of aromatic hydroxyl groups is 1. The maximum Gasteiger partial charge on any atom is 0.419 e. The topological polar surface area (TPSA) is 93.1 Å². The molecular weight excluding hydrogens is 433 g/mol. The van der Waals surface area contributed by atoms with Crippen molar-refractivity contribution in [3.63, 3.8) is 0 Å². The van der Waals surface area contributed by atoms with Crippen molar-refractivity contribution in [1.82, 2.24) is 19.7 Å². The Morgan fingerprint density at radius 3 is 2.55 bits per heavy atom. The molecule has 2 heterocycles. The van der Waals surface area contributed by atoms with Crippen molar-refractivity contribution in [3.8, 4) is 11.4 Å². The second-order valence-electron chi connectivity index (χ2n) is 7.33. The van der Waals surface area contributed by atoms with Crippen LogP contribution in [0.2, 0.25) is 0 Å². The molecule has 0 amide bonds. The Kier molecular flexibility index (Phi) is 5.91. The summed E-state index contributed by atoms with van der Waals surface area (Å²) in [5.41, 5.74) is 7.62. The Bertz CT molecular complexity index is 1290. The van der Waals surface area contributed by atoms with Gasteiger partial charge in [0.1, 0.15) is 23.1 Å². The number of phenols is 1. The molecule has 0 radical (unpaired) electrons. The van der Waals surface area contributed by atoms with E-state index in [1.807, 2.05) is 30.3 Å². The van der Waals surface area contributed by atoms with Crippen LogP contribution in [0.3, 0.4) is 0 Å². The van der Waals surface area contributed by atoms with Crippen molar-refractivity contribution < 1.29 is 18.3 Å². The fourth-order valence-electron chi connectivity index (χ4n) is 3.64. The van der Waals surface area contributed by atoms with Gasteiger partial charge < -0.3 is 15.7 Å². The smallest absolute Gasteiger partial charge is 0.419 e. The first-order valence-electron chi connectivity index (χ1n) is 10.1. The molecule has 4 rings (SSSR count). The molecular formula is C23H21F3N6O. The zero-order valence-corrected chi connectivity index (χ0v) is 17.5. The Hall–Kier alpha value is -4.08. The number of nitrogen functional groups attached to an aromatic ring is 1. The zero-order chi connectivity index (χ0) is 23.6. The van der Waals surface area contributed by atoms with Crippen LogP contribution in [-0.4, -0.2) is 37.9 Å². The highest BCUT2D eigenvalue weighted by Crippen LogP contribution is 2.37. The van der Waals surface area contributed by atoms with E-state index < -0.39 is 17.5 Å². The predicted octanol–water partition coefficient (Wildman–Crippen LogP) is 4.36. The first kappa shape index (κ1) is 22.1. The van der Waals surface area contributed by atoms with E-state index in [1.54, 1.807) is 6.08 Å². The van der Waals surface area contributed by atoms with E-state index in [1.165, 1.54) is 17.1 Å². The third kappa shape index (κ3) is 4.45. The summed E-state index contributed by atoms with van der Waals surface area (Å²) >= 11 is 0. The third-order valence-electron chi connectivity index (χ3n) is 5.18. The van der Waals surface area contributed by atoms with Crippen LogP contribution >= 0.6 is 0 Å². The number of phenolic OH excluding ortho intramolecular Hbond substituents is 1. The van der Waals surface area contributed by atoms with Crippen LogP contribution in [0.15, 0.2) is 67.5 Å². The molecule has 2 aromatic carbocycles. The summed E-state index contributed by atoms with van der Waals surface area (Å²) in [6.45, 7) is 5.02. The van der Waals surface area contributed by atoms with Gasteiger partial charge in [-0.05, 0) is 24.3 Å². The number of nitrogens with two attached hydrogens (primary N) is 1. The summed E-state index contributed by atoms with van der Waals surface area (Å²) in [5.74, 6) is -0.772. The van der Waals surface area contributed by atoms with E-state index in [0.717, 1.165) is 17.8 Å².